The maximum atomic E-state index is 13.0. The first-order valence-electron chi connectivity index (χ1n) is 10.4. The lowest BCUT2D eigenvalue weighted by Crippen LogP contribution is -2.36. The van der Waals surface area contributed by atoms with Crippen molar-refractivity contribution >= 4 is 5.91 Å². The average Bonchev–Trinajstić information content (AvgIpc) is 3.15. The lowest BCUT2D eigenvalue weighted by molar-refractivity contribution is 0.0768. The second-order valence-corrected chi connectivity index (χ2v) is 8.26. The molecule has 7 nitrogen and oxygen atoms in total. The summed E-state index contributed by atoms with van der Waals surface area (Å²) < 4.78 is 1.71. The van der Waals surface area contributed by atoms with Crippen molar-refractivity contribution in [3.05, 3.63) is 17.5 Å². The van der Waals surface area contributed by atoms with Gasteiger partial charge in [0.1, 0.15) is 5.69 Å². The predicted octanol–water partition coefficient (Wildman–Crippen LogP) is 0.691. The van der Waals surface area contributed by atoms with Crippen molar-refractivity contribution in [2.24, 2.45) is 18.9 Å². The molecule has 2 aliphatic rings. The van der Waals surface area contributed by atoms with E-state index in [0.717, 1.165) is 57.8 Å². The number of aliphatic hydroxyl groups is 1. The van der Waals surface area contributed by atoms with E-state index in [0.29, 0.717) is 18.2 Å². The number of rotatable bonds is 6. The van der Waals surface area contributed by atoms with Crippen LogP contribution in [0.1, 0.15) is 35.9 Å². The third-order valence-corrected chi connectivity index (χ3v) is 6.06. The molecule has 2 fully saturated rings. The number of likely N-dealkylation sites (N-methyl/N-ethyl adjacent to an activating group) is 1. The smallest absolute Gasteiger partial charge is 0.272 e. The molecule has 0 radical (unpaired) electrons. The molecule has 3 rings (SSSR count). The standard InChI is InChI=1S/C20H35N5O2/c1-4-6-18-11-19(23(3)21-18)20(27)25-13-16(17(14-25)15-26)12-24-8-5-7-22(2)9-10-24/h11,16-17,26H,4-10,12-15H2,1-3H3/t16-,17-/m1/s1. The molecule has 0 aliphatic carbocycles. The molecule has 3 heterocycles. The Bertz CT molecular complexity index is 632. The van der Waals surface area contributed by atoms with Crippen LogP contribution in [-0.2, 0) is 13.5 Å². The molecule has 0 aromatic carbocycles. The number of aromatic nitrogens is 2. The molecule has 2 atom stereocenters. The van der Waals surface area contributed by atoms with Gasteiger partial charge in [-0.25, -0.2) is 0 Å². The minimum absolute atomic E-state index is 0.0453. The van der Waals surface area contributed by atoms with Crippen LogP contribution in [-0.4, -0.2) is 95.0 Å². The van der Waals surface area contributed by atoms with Crippen molar-refractivity contribution < 1.29 is 9.90 Å². The van der Waals surface area contributed by atoms with Crippen molar-refractivity contribution in [1.29, 1.82) is 0 Å². The zero-order valence-corrected chi connectivity index (χ0v) is 17.1. The zero-order chi connectivity index (χ0) is 19.4. The number of likely N-dealkylation sites (tertiary alicyclic amines) is 1. The van der Waals surface area contributed by atoms with Gasteiger partial charge in [0.05, 0.1) is 5.69 Å². The first kappa shape index (κ1) is 20.3. The number of aliphatic hydroxyl groups excluding tert-OH is 1. The Morgan fingerprint density at radius 3 is 2.70 bits per heavy atom. The summed E-state index contributed by atoms with van der Waals surface area (Å²) >= 11 is 0. The topological polar surface area (TPSA) is 64.8 Å². The van der Waals surface area contributed by atoms with E-state index in [9.17, 15) is 9.90 Å². The molecule has 1 amide bonds. The second kappa shape index (κ2) is 9.17. The van der Waals surface area contributed by atoms with Gasteiger partial charge in [-0.05, 0) is 45.0 Å². The number of aryl methyl sites for hydroxylation is 2. The van der Waals surface area contributed by atoms with Crippen LogP contribution in [0.3, 0.4) is 0 Å². The molecule has 0 spiro atoms. The first-order valence-corrected chi connectivity index (χ1v) is 10.4. The normalized spacial score (nSPS) is 25.1. The highest BCUT2D eigenvalue weighted by Crippen LogP contribution is 2.26. The highest BCUT2D eigenvalue weighted by atomic mass is 16.3. The average molecular weight is 378 g/mol. The zero-order valence-electron chi connectivity index (χ0n) is 17.1. The van der Waals surface area contributed by atoms with Crippen LogP contribution in [0.2, 0.25) is 0 Å². The quantitative estimate of drug-likeness (QED) is 0.790. The van der Waals surface area contributed by atoms with Crippen molar-refractivity contribution in [1.82, 2.24) is 24.5 Å². The van der Waals surface area contributed by atoms with Gasteiger partial charge in [-0.2, -0.15) is 5.10 Å². The summed E-state index contributed by atoms with van der Waals surface area (Å²) in [6, 6.07) is 1.93. The molecule has 1 N–H and O–H groups in total. The SMILES string of the molecule is CCCc1cc(C(=O)N2C[C@@H](CN3CCCN(C)CC3)[C@@H](CO)C2)n(C)n1. The summed E-state index contributed by atoms with van der Waals surface area (Å²) in [6.07, 6.45) is 3.10. The first-order chi connectivity index (χ1) is 13.0. The minimum atomic E-state index is 0.0453. The van der Waals surface area contributed by atoms with Crippen molar-refractivity contribution in [3.63, 3.8) is 0 Å². The van der Waals surface area contributed by atoms with Gasteiger partial charge in [0.25, 0.3) is 5.91 Å². The van der Waals surface area contributed by atoms with Crippen LogP contribution in [0.4, 0.5) is 0 Å². The molecule has 2 aliphatic heterocycles. The Morgan fingerprint density at radius 1 is 1.19 bits per heavy atom. The number of carbonyl (C=O) groups is 1. The Labute approximate surface area is 162 Å². The van der Waals surface area contributed by atoms with Crippen molar-refractivity contribution in [2.75, 3.05) is 59.5 Å². The van der Waals surface area contributed by atoms with E-state index in [2.05, 4.69) is 28.9 Å². The summed E-state index contributed by atoms with van der Waals surface area (Å²) in [5.41, 5.74) is 1.64. The van der Waals surface area contributed by atoms with E-state index < -0.39 is 0 Å². The third-order valence-electron chi connectivity index (χ3n) is 6.06. The Morgan fingerprint density at radius 2 is 1.96 bits per heavy atom. The number of hydrogen-bond acceptors (Lipinski definition) is 5. The summed E-state index contributed by atoms with van der Waals surface area (Å²) in [7, 11) is 4.02. The third kappa shape index (κ3) is 4.89. The van der Waals surface area contributed by atoms with Crippen molar-refractivity contribution in [3.8, 4) is 0 Å². The maximum Gasteiger partial charge on any atom is 0.272 e. The number of hydrogen-bond donors (Lipinski definition) is 1. The Hall–Kier alpha value is -1.44. The lowest BCUT2D eigenvalue weighted by Gasteiger charge is -2.26. The Kier molecular flexibility index (Phi) is 6.89. The van der Waals surface area contributed by atoms with E-state index in [4.69, 9.17) is 0 Å². The Balaban J connectivity index is 1.63. The van der Waals surface area contributed by atoms with Crippen LogP contribution in [0.25, 0.3) is 0 Å². The molecule has 2 saturated heterocycles. The lowest BCUT2D eigenvalue weighted by atomic mass is 9.96. The van der Waals surface area contributed by atoms with E-state index in [1.54, 1.807) is 4.68 Å². The number of amides is 1. The molecular weight excluding hydrogens is 342 g/mol. The van der Waals surface area contributed by atoms with Crippen LogP contribution in [0, 0.1) is 11.8 Å². The molecule has 0 bridgehead atoms. The molecule has 0 saturated carbocycles. The highest BCUT2D eigenvalue weighted by Gasteiger charge is 2.37. The van der Waals surface area contributed by atoms with Gasteiger partial charge < -0.3 is 19.8 Å². The van der Waals surface area contributed by atoms with Gasteiger partial charge in [0.15, 0.2) is 0 Å². The summed E-state index contributed by atoms with van der Waals surface area (Å²) in [6.45, 7) is 9.02. The summed E-state index contributed by atoms with van der Waals surface area (Å²) in [5.74, 6) is 0.549. The molecule has 152 valence electrons. The van der Waals surface area contributed by atoms with Crippen molar-refractivity contribution in [2.45, 2.75) is 26.2 Å². The van der Waals surface area contributed by atoms with E-state index in [1.165, 1.54) is 6.42 Å². The predicted molar refractivity (Wildman–Crippen MR) is 106 cm³/mol. The fraction of sp³-hybridized carbons (Fsp3) is 0.800. The van der Waals surface area contributed by atoms with E-state index in [-0.39, 0.29) is 18.4 Å². The van der Waals surface area contributed by atoms with E-state index in [1.807, 2.05) is 18.0 Å². The van der Waals surface area contributed by atoms with Crippen LogP contribution >= 0.6 is 0 Å². The van der Waals surface area contributed by atoms with Gasteiger partial charge in [0.2, 0.25) is 0 Å². The second-order valence-electron chi connectivity index (χ2n) is 8.26. The molecule has 1 aromatic heterocycles. The molecule has 27 heavy (non-hydrogen) atoms. The van der Waals surface area contributed by atoms with Gasteiger partial charge in [-0.15, -0.1) is 0 Å². The largest absolute Gasteiger partial charge is 0.396 e. The summed E-state index contributed by atoms with van der Waals surface area (Å²) in [4.78, 5) is 19.9. The minimum Gasteiger partial charge on any atom is -0.396 e. The van der Waals surface area contributed by atoms with Gasteiger partial charge in [0, 0.05) is 52.3 Å². The molecular formula is C20H35N5O2. The van der Waals surface area contributed by atoms with Gasteiger partial charge >= 0.3 is 0 Å². The number of nitrogens with zero attached hydrogens (tertiary/aromatic N) is 5. The highest BCUT2D eigenvalue weighted by molar-refractivity contribution is 5.93. The van der Waals surface area contributed by atoms with Gasteiger partial charge in [-0.1, -0.05) is 13.3 Å². The fourth-order valence-corrected chi connectivity index (χ4v) is 4.40. The molecule has 7 heteroatoms. The number of carbonyl (C=O) groups excluding carboxylic acids is 1. The van der Waals surface area contributed by atoms with Crippen LogP contribution < -0.4 is 0 Å². The monoisotopic (exact) mass is 377 g/mol. The van der Waals surface area contributed by atoms with Crippen LogP contribution in [0.5, 0.6) is 0 Å². The maximum absolute atomic E-state index is 13.0. The molecule has 0 unspecified atom stereocenters. The fourth-order valence-electron chi connectivity index (χ4n) is 4.40. The van der Waals surface area contributed by atoms with Gasteiger partial charge in [-0.3, -0.25) is 9.48 Å². The summed E-state index contributed by atoms with van der Waals surface area (Å²) in [5, 5.41) is 14.3. The van der Waals surface area contributed by atoms with Crippen LogP contribution in [0.15, 0.2) is 6.07 Å². The molecule has 1 aromatic rings. The van der Waals surface area contributed by atoms with E-state index >= 15 is 0 Å².